The smallest absolute Gasteiger partial charge is 0.345 e. The molecule has 4 aromatic rings. The molecule has 0 bridgehead atoms. The number of ether oxygens (including phenoxy) is 4. The Bertz CT molecular complexity index is 2070. The van der Waals surface area contributed by atoms with Crippen molar-refractivity contribution in [3.63, 3.8) is 0 Å². The number of aliphatic carboxylic acids is 4. The van der Waals surface area contributed by atoms with Crippen LogP contribution in [0.4, 0.5) is 13.2 Å². The van der Waals surface area contributed by atoms with Gasteiger partial charge in [-0.3, -0.25) is 0 Å². The van der Waals surface area contributed by atoms with Crippen molar-refractivity contribution in [2.75, 3.05) is 0 Å². The number of hydrogen-bond donors (Lipinski definition) is 4. The summed E-state index contributed by atoms with van der Waals surface area (Å²) in [5.74, 6) is -5.93. The summed E-state index contributed by atoms with van der Waals surface area (Å²) in [6.07, 6.45) is 0.721. The van der Waals surface area contributed by atoms with E-state index in [1.54, 1.807) is 45.9 Å². The lowest BCUT2D eigenvalue weighted by Crippen LogP contribution is -2.32. The topological polar surface area (TPSA) is 186 Å². The van der Waals surface area contributed by atoms with Crippen molar-refractivity contribution in [1.29, 1.82) is 0 Å². The predicted molar refractivity (Wildman–Crippen MR) is 276 cm³/mol. The van der Waals surface area contributed by atoms with Crippen molar-refractivity contribution in [2.45, 2.75) is 97.1 Å². The summed E-state index contributed by atoms with van der Waals surface area (Å²) in [5, 5.41) is 35.0. The second-order valence-corrected chi connectivity index (χ2v) is 16.6. The molecule has 0 heterocycles. The lowest BCUT2D eigenvalue weighted by Gasteiger charge is -2.25. The molecule has 4 N–H and O–H groups in total. The molecular formula is C44H56Br3F3O12S4. The van der Waals surface area contributed by atoms with Gasteiger partial charge in [-0.1, -0.05) is 94.0 Å². The normalized spacial score (nSPS) is 12.8. The van der Waals surface area contributed by atoms with E-state index in [0.29, 0.717) is 28.3 Å². The molecule has 5 rings (SSSR count). The van der Waals surface area contributed by atoms with E-state index in [0.717, 1.165) is 16.6 Å². The standard InChI is InChI=1S/C13H16O3.C11H11BrF2O3.C10H10BrFO3.C10H11BrO3.4H2S/c1-9(13(14)15)16-12-7-5-11(6-8-12)10-3-2-4-10;1-5(2)9(11(15)16)17-10-7(13)3-6(12)4-8(10)14;1-2-8(10(13)14)15-9-4-3-6(11)5-7(9)12;1-2-9(10(12)13)14-8-5-3-7(11)4-6-8;;;;/h5-10H,2-4H2,1H3,(H,14,15);3-5,9H,1-2H3,(H,15,16);3-5,8H,2H2,1H3,(H,13,14);3-6,9H,2H2,1H3,(H,12,13);4*1H2/t2*9-;8-;9-;;;;/m0000..../s1. The highest BCUT2D eigenvalue weighted by molar-refractivity contribution is 9.11. The average molecular weight is 1200 g/mol. The Morgan fingerprint density at radius 3 is 1.41 bits per heavy atom. The van der Waals surface area contributed by atoms with Gasteiger partial charge in [0.05, 0.1) is 0 Å². The number of rotatable bonds is 16. The van der Waals surface area contributed by atoms with Gasteiger partial charge in [-0.2, -0.15) is 54.0 Å². The first-order chi connectivity index (χ1) is 29.2. The molecule has 4 aromatic carbocycles. The molecule has 0 spiro atoms. The zero-order valence-electron chi connectivity index (χ0n) is 36.3. The summed E-state index contributed by atoms with van der Waals surface area (Å²) in [4.78, 5) is 42.8. The van der Waals surface area contributed by atoms with Gasteiger partial charge in [0.2, 0.25) is 0 Å². The predicted octanol–water partition coefficient (Wildman–Crippen LogP) is 12.0. The molecule has 22 heteroatoms. The Labute approximate surface area is 435 Å². The molecule has 370 valence electrons. The fraction of sp³-hybridized carbons (Fsp3) is 0.364. The zero-order valence-corrected chi connectivity index (χ0v) is 45.1. The third-order valence-corrected chi connectivity index (χ3v) is 10.2. The third-order valence-electron chi connectivity index (χ3n) is 8.72. The number of carboxylic acids is 4. The van der Waals surface area contributed by atoms with Crippen LogP contribution in [0, 0.1) is 23.4 Å². The minimum Gasteiger partial charge on any atom is -0.479 e. The molecule has 0 aromatic heterocycles. The van der Waals surface area contributed by atoms with Crippen LogP contribution in [0.25, 0.3) is 0 Å². The summed E-state index contributed by atoms with van der Waals surface area (Å²) in [7, 11) is 0. The second-order valence-electron chi connectivity index (χ2n) is 13.8. The number of benzene rings is 4. The largest absolute Gasteiger partial charge is 0.479 e. The van der Waals surface area contributed by atoms with Crippen molar-refractivity contribution in [3.05, 3.63) is 115 Å². The number of carboxylic acid groups (broad SMARTS) is 4. The maximum atomic E-state index is 13.4. The molecule has 0 radical (unpaired) electrons. The highest BCUT2D eigenvalue weighted by atomic mass is 79.9. The Kier molecular flexibility index (Phi) is 34.4. The molecule has 0 unspecified atom stereocenters. The third kappa shape index (κ3) is 23.5. The van der Waals surface area contributed by atoms with Crippen LogP contribution >= 0.6 is 102 Å². The summed E-state index contributed by atoms with van der Waals surface area (Å²) in [6.45, 7) is 8.15. The molecule has 1 saturated carbocycles. The Morgan fingerprint density at radius 2 is 1.02 bits per heavy atom. The summed E-state index contributed by atoms with van der Waals surface area (Å²) in [5.41, 5.74) is 1.33. The van der Waals surface area contributed by atoms with E-state index < -0.39 is 77.4 Å². The fourth-order valence-corrected chi connectivity index (χ4v) is 6.07. The van der Waals surface area contributed by atoms with E-state index in [9.17, 15) is 32.3 Å². The first-order valence-corrected chi connectivity index (χ1v) is 21.6. The molecule has 0 amide bonds. The SMILES string of the molecule is CC(C)[C@H](Oc1c(F)cc(Br)cc1F)C(=O)O.CC[C@H](Oc1ccc(Br)cc1)C(=O)O.CC[C@H](Oc1ccc(Br)cc1F)C(=O)O.C[C@H](Oc1ccc(C2CCC2)cc1)C(=O)O.S.S.S.S. The molecule has 1 fully saturated rings. The Hall–Kier alpha value is -3.41. The van der Waals surface area contributed by atoms with Crippen LogP contribution in [0.1, 0.15) is 78.2 Å². The van der Waals surface area contributed by atoms with Crippen LogP contribution in [0.3, 0.4) is 0 Å². The van der Waals surface area contributed by atoms with Gasteiger partial charge >= 0.3 is 23.9 Å². The highest BCUT2D eigenvalue weighted by Gasteiger charge is 2.27. The monoisotopic (exact) mass is 1200 g/mol. The summed E-state index contributed by atoms with van der Waals surface area (Å²) >= 11 is 9.30. The molecule has 0 saturated heterocycles. The summed E-state index contributed by atoms with van der Waals surface area (Å²) in [6, 6.07) is 21.1. The van der Waals surface area contributed by atoms with Gasteiger partial charge in [-0.05, 0) is 111 Å². The summed E-state index contributed by atoms with van der Waals surface area (Å²) < 4.78 is 62.2. The lowest BCUT2D eigenvalue weighted by atomic mass is 9.80. The number of hydrogen-bond acceptors (Lipinski definition) is 8. The van der Waals surface area contributed by atoms with Crippen LogP contribution in [0.2, 0.25) is 0 Å². The highest BCUT2D eigenvalue weighted by Crippen LogP contribution is 2.37. The molecular weight excluding hydrogens is 1150 g/mol. The molecule has 4 atom stereocenters. The minimum absolute atomic E-state index is 0. The van der Waals surface area contributed by atoms with E-state index in [1.807, 2.05) is 36.4 Å². The minimum atomic E-state index is -1.29. The van der Waals surface area contributed by atoms with Crippen LogP contribution in [-0.2, 0) is 19.2 Å². The van der Waals surface area contributed by atoms with Crippen LogP contribution in [0.15, 0.2) is 92.3 Å². The first-order valence-electron chi connectivity index (χ1n) is 19.2. The van der Waals surface area contributed by atoms with Crippen molar-refractivity contribution < 1.29 is 71.7 Å². The van der Waals surface area contributed by atoms with Gasteiger partial charge in [-0.25, -0.2) is 32.3 Å². The van der Waals surface area contributed by atoms with Crippen molar-refractivity contribution in [3.8, 4) is 23.0 Å². The first kappa shape index (κ1) is 66.9. The van der Waals surface area contributed by atoms with Gasteiger partial charge in [0.25, 0.3) is 0 Å². The maximum Gasteiger partial charge on any atom is 0.345 e. The van der Waals surface area contributed by atoms with Crippen molar-refractivity contribution in [2.24, 2.45) is 5.92 Å². The van der Waals surface area contributed by atoms with Gasteiger partial charge in [0.1, 0.15) is 11.5 Å². The Morgan fingerprint density at radius 1 is 0.576 bits per heavy atom. The molecule has 0 aliphatic heterocycles. The lowest BCUT2D eigenvalue weighted by molar-refractivity contribution is -0.147. The van der Waals surface area contributed by atoms with Gasteiger partial charge < -0.3 is 39.4 Å². The second kappa shape index (κ2) is 34.0. The maximum absolute atomic E-state index is 13.4. The fourth-order valence-electron chi connectivity index (χ4n) is 5.07. The average Bonchev–Trinajstić information content (AvgIpc) is 3.17. The number of carbonyl (C=O) groups is 4. The van der Waals surface area contributed by atoms with Crippen molar-refractivity contribution in [1.82, 2.24) is 0 Å². The van der Waals surface area contributed by atoms with Crippen LogP contribution < -0.4 is 18.9 Å². The van der Waals surface area contributed by atoms with E-state index in [1.165, 1.54) is 43.9 Å². The quantitative estimate of drug-likeness (QED) is 0.0833. The van der Waals surface area contributed by atoms with E-state index >= 15 is 0 Å². The number of halogens is 6. The molecule has 1 aliphatic carbocycles. The van der Waals surface area contributed by atoms with Crippen molar-refractivity contribution >= 4 is 126 Å². The Balaban J connectivity index is -0.000000788. The molecule has 66 heavy (non-hydrogen) atoms. The molecule has 12 nitrogen and oxygen atoms in total. The zero-order chi connectivity index (χ0) is 46.7. The van der Waals surface area contributed by atoms with Gasteiger partial charge in [0.15, 0.2) is 53.4 Å². The van der Waals surface area contributed by atoms with Gasteiger partial charge in [0, 0.05) is 19.3 Å². The van der Waals surface area contributed by atoms with Gasteiger partial charge in [-0.15, -0.1) is 0 Å². The van der Waals surface area contributed by atoms with Crippen LogP contribution in [-0.4, -0.2) is 68.7 Å². The van der Waals surface area contributed by atoms with E-state index in [-0.39, 0.29) is 70.6 Å². The van der Waals surface area contributed by atoms with E-state index in [2.05, 4.69) is 47.8 Å². The molecule has 1 aliphatic rings. The van der Waals surface area contributed by atoms with E-state index in [4.69, 9.17) is 39.4 Å². The van der Waals surface area contributed by atoms with Crippen LogP contribution in [0.5, 0.6) is 23.0 Å².